The van der Waals surface area contributed by atoms with Gasteiger partial charge in [0.25, 0.3) is 10.1 Å². The molecule has 0 saturated heterocycles. The molecule has 0 aliphatic carbocycles. The van der Waals surface area contributed by atoms with Gasteiger partial charge < -0.3 is 10.2 Å². The quantitative estimate of drug-likeness (QED) is 0.311. The van der Waals surface area contributed by atoms with Gasteiger partial charge in [0.2, 0.25) is 0 Å². The number of phenolic OH excluding ortho intramolecular Hbond substituents is 2. The second-order valence-electron chi connectivity index (χ2n) is 6.11. The Morgan fingerprint density at radius 3 is 2.03 bits per heavy atom. The molecule has 0 saturated carbocycles. The van der Waals surface area contributed by atoms with Gasteiger partial charge in [0, 0.05) is 27.2 Å². The minimum absolute atomic E-state index is 0.0368. The van der Waals surface area contributed by atoms with E-state index in [1.54, 1.807) is 0 Å². The Hall–Kier alpha value is -1.67. The van der Waals surface area contributed by atoms with Crippen molar-refractivity contribution < 1.29 is 23.2 Å². The lowest BCUT2D eigenvalue weighted by atomic mass is 9.83. The van der Waals surface area contributed by atoms with E-state index in [0.717, 1.165) is 18.2 Å². The Balaban J connectivity index is 2.63. The number of benzene rings is 3. The fourth-order valence-corrected chi connectivity index (χ4v) is 5.33. The highest BCUT2D eigenvalue weighted by Crippen LogP contribution is 2.51. The summed E-state index contributed by atoms with van der Waals surface area (Å²) in [6.45, 7) is 0. The number of rotatable bonds is 4. The molecule has 0 fully saturated rings. The van der Waals surface area contributed by atoms with E-state index >= 15 is 0 Å². The minimum Gasteiger partial charge on any atom is -0.508 e. The normalized spacial score (nSPS) is 13.8. The van der Waals surface area contributed by atoms with E-state index in [4.69, 9.17) is 46.4 Å². The predicted octanol–water partition coefficient (Wildman–Crippen LogP) is 5.89. The van der Waals surface area contributed by atoms with E-state index < -0.39 is 20.6 Å². The van der Waals surface area contributed by atoms with E-state index in [0.29, 0.717) is 0 Å². The summed E-state index contributed by atoms with van der Waals surface area (Å²) in [5, 5.41) is 20.6. The van der Waals surface area contributed by atoms with Crippen LogP contribution in [0.25, 0.3) is 0 Å². The van der Waals surface area contributed by atoms with Crippen LogP contribution in [0.4, 0.5) is 0 Å². The number of aromatic hydroxyl groups is 2. The molecule has 10 heteroatoms. The van der Waals surface area contributed by atoms with Crippen LogP contribution in [0.15, 0.2) is 54.6 Å². The van der Waals surface area contributed by atoms with Crippen LogP contribution in [0.2, 0.25) is 20.1 Å². The topological polar surface area (TPSA) is 94.8 Å². The third kappa shape index (κ3) is 3.77. The average Bonchev–Trinajstić information content (AvgIpc) is 2.61. The van der Waals surface area contributed by atoms with Crippen molar-refractivity contribution in [3.05, 3.63) is 91.4 Å². The van der Waals surface area contributed by atoms with Crippen LogP contribution >= 0.6 is 46.4 Å². The van der Waals surface area contributed by atoms with Crippen molar-refractivity contribution in [2.24, 2.45) is 0 Å². The second-order valence-corrected chi connectivity index (χ2v) is 9.33. The van der Waals surface area contributed by atoms with Gasteiger partial charge in [-0.3, -0.25) is 4.55 Å². The van der Waals surface area contributed by atoms with Crippen molar-refractivity contribution in [2.75, 3.05) is 0 Å². The zero-order valence-corrected chi connectivity index (χ0v) is 18.1. The molecule has 0 aromatic heterocycles. The van der Waals surface area contributed by atoms with E-state index in [-0.39, 0.29) is 42.5 Å². The zero-order chi connectivity index (χ0) is 21.6. The molecule has 5 nitrogen and oxygen atoms in total. The Bertz CT molecular complexity index is 1210. The van der Waals surface area contributed by atoms with E-state index in [2.05, 4.69) is 0 Å². The first-order valence-electron chi connectivity index (χ1n) is 7.89. The van der Waals surface area contributed by atoms with Crippen LogP contribution < -0.4 is 0 Å². The van der Waals surface area contributed by atoms with Gasteiger partial charge in [-0.2, -0.15) is 8.42 Å². The fraction of sp³-hybridized carbons (Fsp3) is 0.0526. The standard InChI is InChI=1S/C19H12Cl4O5S/c20-11-3-1-2-10(6-11)19(29(26,27)28,13-7-12(24)4-5-15(13)21)14-8-16(22)17(23)9-18(14)25/h1-9,24-25H,(H,26,27,28). The Kier molecular flexibility index (Phi) is 5.98. The predicted molar refractivity (Wildman–Crippen MR) is 114 cm³/mol. The molecule has 3 aromatic carbocycles. The second kappa shape index (κ2) is 7.87. The fourth-order valence-electron chi connectivity index (χ4n) is 3.19. The molecule has 0 aliphatic heterocycles. The smallest absolute Gasteiger partial charge is 0.283 e. The first-order valence-corrected chi connectivity index (χ1v) is 10.8. The summed E-state index contributed by atoms with van der Waals surface area (Å²) in [7, 11) is -5.11. The summed E-state index contributed by atoms with van der Waals surface area (Å²) in [5.41, 5.74) is -0.601. The first-order chi connectivity index (χ1) is 13.5. The van der Waals surface area contributed by atoms with Crippen LogP contribution in [0.1, 0.15) is 16.7 Å². The molecule has 152 valence electrons. The average molecular weight is 494 g/mol. The van der Waals surface area contributed by atoms with Gasteiger partial charge in [0.15, 0.2) is 4.75 Å². The molecule has 3 aromatic rings. The van der Waals surface area contributed by atoms with Crippen molar-refractivity contribution in [1.82, 2.24) is 0 Å². The molecule has 0 spiro atoms. The first kappa shape index (κ1) is 22.0. The lowest BCUT2D eigenvalue weighted by Crippen LogP contribution is -2.38. The van der Waals surface area contributed by atoms with Crippen LogP contribution in [0.5, 0.6) is 11.5 Å². The molecule has 0 amide bonds. The molecule has 1 unspecified atom stereocenters. The monoisotopic (exact) mass is 492 g/mol. The highest BCUT2D eigenvalue weighted by molar-refractivity contribution is 7.87. The maximum Gasteiger partial charge on any atom is 0.283 e. The van der Waals surface area contributed by atoms with Gasteiger partial charge in [0.1, 0.15) is 11.5 Å². The number of hydrogen-bond acceptors (Lipinski definition) is 4. The van der Waals surface area contributed by atoms with Gasteiger partial charge >= 0.3 is 0 Å². The maximum absolute atomic E-state index is 13.0. The van der Waals surface area contributed by atoms with Crippen molar-refractivity contribution in [3.8, 4) is 11.5 Å². The Morgan fingerprint density at radius 2 is 1.41 bits per heavy atom. The summed E-state index contributed by atoms with van der Waals surface area (Å²) in [6.07, 6.45) is 0. The molecule has 0 bridgehead atoms. The van der Waals surface area contributed by atoms with Crippen molar-refractivity contribution in [3.63, 3.8) is 0 Å². The number of hydrogen-bond donors (Lipinski definition) is 3. The van der Waals surface area contributed by atoms with E-state index in [1.807, 2.05) is 0 Å². The largest absolute Gasteiger partial charge is 0.508 e. The molecular weight excluding hydrogens is 482 g/mol. The summed E-state index contributed by atoms with van der Waals surface area (Å²) >= 11 is 24.4. The molecule has 1 atom stereocenters. The highest BCUT2D eigenvalue weighted by atomic mass is 35.5. The van der Waals surface area contributed by atoms with Gasteiger partial charge in [-0.15, -0.1) is 0 Å². The van der Waals surface area contributed by atoms with Crippen molar-refractivity contribution in [2.45, 2.75) is 4.75 Å². The SMILES string of the molecule is O=S(=O)(O)C(c1cccc(Cl)c1)(c1cc(Cl)c(Cl)cc1O)c1cc(O)ccc1Cl. The van der Waals surface area contributed by atoms with Crippen molar-refractivity contribution in [1.29, 1.82) is 0 Å². The summed E-state index contributed by atoms with van der Waals surface area (Å²) in [6, 6.07) is 11.3. The third-order valence-corrected chi connectivity index (χ3v) is 7.10. The molecule has 3 rings (SSSR count). The molecule has 0 heterocycles. The lowest BCUT2D eigenvalue weighted by Gasteiger charge is -2.34. The lowest BCUT2D eigenvalue weighted by molar-refractivity contribution is 0.439. The van der Waals surface area contributed by atoms with Crippen LogP contribution in [-0.2, 0) is 14.9 Å². The Labute approximate surface area is 186 Å². The molecular formula is C19H12Cl4O5S. The molecule has 0 radical (unpaired) electrons. The van der Waals surface area contributed by atoms with Gasteiger partial charge in [-0.05, 0) is 42.0 Å². The maximum atomic E-state index is 13.0. The van der Waals surface area contributed by atoms with E-state index in [1.165, 1.54) is 36.4 Å². The molecule has 0 aliphatic rings. The highest BCUT2D eigenvalue weighted by Gasteiger charge is 2.51. The van der Waals surface area contributed by atoms with Crippen LogP contribution in [-0.4, -0.2) is 23.2 Å². The summed E-state index contributed by atoms with van der Waals surface area (Å²) in [4.78, 5) is 0. The molecule has 3 N–H and O–H groups in total. The van der Waals surface area contributed by atoms with E-state index in [9.17, 15) is 23.2 Å². The van der Waals surface area contributed by atoms with Crippen LogP contribution in [0.3, 0.4) is 0 Å². The van der Waals surface area contributed by atoms with Gasteiger partial charge in [-0.1, -0.05) is 58.5 Å². The number of halogens is 4. The number of phenols is 2. The zero-order valence-electron chi connectivity index (χ0n) is 14.3. The van der Waals surface area contributed by atoms with Gasteiger partial charge in [0.05, 0.1) is 10.0 Å². The Morgan fingerprint density at radius 1 is 0.759 bits per heavy atom. The minimum atomic E-state index is -5.11. The summed E-state index contributed by atoms with van der Waals surface area (Å²) in [5.74, 6) is -0.893. The third-order valence-electron chi connectivity index (χ3n) is 4.37. The van der Waals surface area contributed by atoms with Crippen molar-refractivity contribution >= 4 is 56.5 Å². The van der Waals surface area contributed by atoms with Gasteiger partial charge in [-0.25, -0.2) is 0 Å². The summed E-state index contributed by atoms with van der Waals surface area (Å²) < 4.78 is 33.9. The van der Waals surface area contributed by atoms with Crippen LogP contribution in [0, 0.1) is 0 Å². The molecule has 29 heavy (non-hydrogen) atoms.